The van der Waals surface area contributed by atoms with Crippen molar-refractivity contribution >= 4 is 56.1 Å². The van der Waals surface area contributed by atoms with E-state index in [2.05, 4.69) is 15.4 Å². The second-order valence-corrected chi connectivity index (χ2v) is 18.5. The van der Waals surface area contributed by atoms with Crippen molar-refractivity contribution in [3.63, 3.8) is 0 Å². The molecule has 3 N–H and O–H groups in total. The second-order valence-electron chi connectivity index (χ2n) is 15.7. The Morgan fingerprint density at radius 3 is 2.59 bits per heavy atom. The zero-order chi connectivity index (χ0) is 41.0. The van der Waals surface area contributed by atoms with E-state index in [0.717, 1.165) is 48.1 Å². The number of thiazole rings is 1. The van der Waals surface area contributed by atoms with E-state index < -0.39 is 56.7 Å². The van der Waals surface area contributed by atoms with Crippen LogP contribution in [-0.4, -0.2) is 77.8 Å². The number of allylic oxidation sites excluding steroid dienone is 1. The van der Waals surface area contributed by atoms with Crippen molar-refractivity contribution in [1.29, 1.82) is 0 Å². The monoisotopic (exact) mass is 838 g/mol. The molecule has 0 radical (unpaired) electrons. The van der Waals surface area contributed by atoms with E-state index in [9.17, 15) is 27.2 Å². The summed E-state index contributed by atoms with van der Waals surface area (Å²) >= 11 is 1.33. The predicted molar refractivity (Wildman–Crippen MR) is 225 cm³/mol. The molecule has 0 bridgehead atoms. The SMILES string of the molecule is O=C1N[C@]2(C(=O)NS(=O)(=O)C3CC3)C[C@H]2/C=C\CCCCC[C@H](Nc2nc(-c3ccc(F)cc3)cs2)C(=O)N2CC(OCc3ccccc3N=Cc3ccccc3)C[C@@H]12. The van der Waals surface area contributed by atoms with Crippen LogP contribution in [0.5, 0.6) is 0 Å². The highest BCUT2D eigenvalue weighted by Gasteiger charge is 2.62. The topological polar surface area (TPSA) is 159 Å². The van der Waals surface area contributed by atoms with Gasteiger partial charge in [-0.25, -0.2) is 17.8 Å². The number of anilines is 1. The maximum atomic E-state index is 14.8. The predicted octanol–water partition coefficient (Wildman–Crippen LogP) is 6.67. The number of halogens is 1. The van der Waals surface area contributed by atoms with Crippen molar-refractivity contribution in [3.05, 3.63) is 113 Å². The van der Waals surface area contributed by atoms with E-state index >= 15 is 0 Å². The Labute approximate surface area is 347 Å². The lowest BCUT2D eigenvalue weighted by Crippen LogP contribution is -2.57. The van der Waals surface area contributed by atoms with Crippen LogP contribution >= 0.6 is 11.3 Å². The third kappa shape index (κ3) is 9.63. The molecule has 4 aliphatic rings. The number of fused-ring (bicyclic) bond motifs is 2. The first kappa shape index (κ1) is 40.5. The van der Waals surface area contributed by atoms with E-state index in [0.29, 0.717) is 30.1 Å². The van der Waals surface area contributed by atoms with Crippen LogP contribution in [-0.2, 0) is 35.8 Å². The number of ether oxygens (including phenoxy) is 1. The molecular weight excluding hydrogens is 792 g/mol. The number of aliphatic imine (C=N–C) groups is 1. The lowest BCUT2D eigenvalue weighted by molar-refractivity contribution is -0.140. The first-order valence-electron chi connectivity index (χ1n) is 20.2. The first-order valence-corrected chi connectivity index (χ1v) is 22.6. The summed E-state index contributed by atoms with van der Waals surface area (Å²) in [5.74, 6) is -2.36. The highest BCUT2D eigenvalue weighted by Crippen LogP contribution is 2.46. The van der Waals surface area contributed by atoms with Crippen LogP contribution in [0.2, 0.25) is 0 Å². The molecule has 1 unspecified atom stereocenters. The Hall–Kier alpha value is -5.25. The van der Waals surface area contributed by atoms with E-state index in [-0.39, 0.29) is 37.7 Å². The van der Waals surface area contributed by atoms with Gasteiger partial charge >= 0.3 is 0 Å². The van der Waals surface area contributed by atoms with Gasteiger partial charge in [-0.05, 0) is 74.4 Å². The van der Waals surface area contributed by atoms with Crippen LogP contribution in [0, 0.1) is 11.7 Å². The number of nitrogens with zero attached hydrogens (tertiary/aromatic N) is 3. The molecule has 308 valence electrons. The number of para-hydroxylation sites is 1. The molecule has 3 aromatic carbocycles. The summed E-state index contributed by atoms with van der Waals surface area (Å²) in [5.41, 5.74) is 2.43. The second kappa shape index (κ2) is 17.5. The van der Waals surface area contributed by atoms with Gasteiger partial charge in [0.25, 0.3) is 5.91 Å². The normalized spacial score (nSPS) is 25.6. The van der Waals surface area contributed by atoms with Crippen molar-refractivity contribution in [1.82, 2.24) is 19.9 Å². The van der Waals surface area contributed by atoms with Crippen LogP contribution in [0.4, 0.5) is 15.2 Å². The summed E-state index contributed by atoms with van der Waals surface area (Å²) in [7, 11) is -3.88. The molecule has 2 aliphatic carbocycles. The molecule has 4 aromatic rings. The van der Waals surface area contributed by atoms with Crippen molar-refractivity contribution in [2.45, 2.75) is 93.4 Å². The lowest BCUT2D eigenvalue weighted by atomic mass is 10.1. The van der Waals surface area contributed by atoms with E-state index in [4.69, 9.17) is 14.7 Å². The highest BCUT2D eigenvalue weighted by molar-refractivity contribution is 7.91. The fraction of sp³-hybridized carbons (Fsp3) is 0.386. The molecule has 2 saturated carbocycles. The standard InChI is InChI=1S/C44H47FN6O6S2/c45-33-19-17-30(18-20-33)38-28-58-43(48-38)47-37-16-8-3-1-2-7-14-32-24-44(32,42(54)50-59(55,56)35-21-22-35)49-40(52)39-23-34(26-51(39)41(37)53)57-27-31-13-9-10-15-36(31)46-25-29-11-5-4-6-12-29/h4-7,9-15,17-20,25,28,32,34-35,37,39H,1-3,8,16,21-24,26-27H2,(H,47,48)(H,49,52)(H,50,54)/b14-7-,46-25?/t32-,34?,37+,39+,44-/m1/s1. The molecule has 5 atom stereocenters. The van der Waals surface area contributed by atoms with Crippen molar-refractivity contribution in [2.75, 3.05) is 11.9 Å². The van der Waals surface area contributed by atoms with Gasteiger partial charge in [0, 0.05) is 41.6 Å². The van der Waals surface area contributed by atoms with Crippen LogP contribution in [0.25, 0.3) is 11.3 Å². The molecule has 1 aromatic heterocycles. The molecule has 3 amide bonds. The maximum absolute atomic E-state index is 14.8. The minimum Gasteiger partial charge on any atom is -0.372 e. The Morgan fingerprint density at radius 1 is 1.02 bits per heavy atom. The molecule has 15 heteroatoms. The van der Waals surface area contributed by atoms with Gasteiger partial charge in [-0.3, -0.25) is 24.1 Å². The number of carbonyl (C=O) groups excluding carboxylic acids is 3. The summed E-state index contributed by atoms with van der Waals surface area (Å²) in [6, 6.07) is 21.7. The van der Waals surface area contributed by atoms with Gasteiger partial charge in [-0.15, -0.1) is 11.3 Å². The maximum Gasteiger partial charge on any atom is 0.259 e. The number of rotatable bonds is 11. The molecule has 0 spiro atoms. The number of aromatic nitrogens is 1. The van der Waals surface area contributed by atoms with Crippen molar-refractivity contribution in [3.8, 4) is 11.3 Å². The van der Waals surface area contributed by atoms with E-state index in [1.54, 1.807) is 18.3 Å². The van der Waals surface area contributed by atoms with Crippen molar-refractivity contribution in [2.24, 2.45) is 10.9 Å². The van der Waals surface area contributed by atoms with Crippen LogP contribution in [0.3, 0.4) is 0 Å². The number of sulfonamides is 1. The van der Waals surface area contributed by atoms with Gasteiger partial charge < -0.3 is 20.3 Å². The lowest BCUT2D eigenvalue weighted by Gasteiger charge is -2.30. The Balaban J connectivity index is 1.05. The quantitative estimate of drug-likeness (QED) is 0.112. The minimum atomic E-state index is -3.88. The minimum absolute atomic E-state index is 0.113. The third-order valence-corrected chi connectivity index (χ3v) is 14.0. The summed E-state index contributed by atoms with van der Waals surface area (Å²) in [4.78, 5) is 54.0. The largest absolute Gasteiger partial charge is 0.372 e. The molecular formula is C44H47FN6O6S2. The van der Waals surface area contributed by atoms with Gasteiger partial charge in [0.1, 0.15) is 23.4 Å². The molecule has 59 heavy (non-hydrogen) atoms. The number of amides is 3. The third-order valence-electron chi connectivity index (χ3n) is 11.4. The summed E-state index contributed by atoms with van der Waals surface area (Å²) in [6.45, 7) is 0.288. The first-order chi connectivity index (χ1) is 28.6. The zero-order valence-corrected chi connectivity index (χ0v) is 34.1. The molecule has 12 nitrogen and oxygen atoms in total. The van der Waals surface area contributed by atoms with Crippen LogP contribution in [0.1, 0.15) is 68.9 Å². The van der Waals surface area contributed by atoms with Gasteiger partial charge in [-0.2, -0.15) is 0 Å². The number of benzene rings is 3. The fourth-order valence-electron chi connectivity index (χ4n) is 7.77. The van der Waals surface area contributed by atoms with E-state index in [1.807, 2.05) is 72.1 Å². The summed E-state index contributed by atoms with van der Waals surface area (Å²) in [5, 5.41) is 8.04. The fourth-order valence-corrected chi connectivity index (χ4v) is 9.91. The van der Waals surface area contributed by atoms with Crippen LogP contribution in [0.15, 0.2) is 101 Å². The average molecular weight is 839 g/mol. The van der Waals surface area contributed by atoms with Crippen LogP contribution < -0.4 is 15.4 Å². The van der Waals surface area contributed by atoms with E-state index in [1.165, 1.54) is 28.4 Å². The van der Waals surface area contributed by atoms with Gasteiger partial charge in [0.05, 0.1) is 29.3 Å². The smallest absolute Gasteiger partial charge is 0.259 e. The molecule has 1 saturated heterocycles. The number of carbonyl (C=O) groups is 3. The molecule has 3 fully saturated rings. The molecule has 2 aliphatic heterocycles. The average Bonchev–Trinajstić information content (AvgIpc) is 4.12. The Bertz CT molecular complexity index is 2330. The van der Waals surface area contributed by atoms with Gasteiger partial charge in [0.15, 0.2) is 5.13 Å². The summed E-state index contributed by atoms with van der Waals surface area (Å²) < 4.78 is 48.2. The summed E-state index contributed by atoms with van der Waals surface area (Å²) in [6.07, 6.45) is 10.1. The molecule has 8 rings (SSSR count). The number of hydrogen-bond donors (Lipinski definition) is 3. The molecule has 3 heterocycles. The Kier molecular flexibility index (Phi) is 12.0. The zero-order valence-electron chi connectivity index (χ0n) is 32.5. The van der Waals surface area contributed by atoms with Gasteiger partial charge in [-0.1, -0.05) is 73.5 Å². The van der Waals surface area contributed by atoms with Crippen molar-refractivity contribution < 1.29 is 31.9 Å². The van der Waals surface area contributed by atoms with Gasteiger partial charge in [0.2, 0.25) is 21.8 Å². The Morgan fingerprint density at radius 2 is 1.80 bits per heavy atom. The highest BCUT2D eigenvalue weighted by atomic mass is 32.2. The number of nitrogens with one attached hydrogen (secondary N) is 3. The number of hydrogen-bond acceptors (Lipinski definition) is 10.